The van der Waals surface area contributed by atoms with Gasteiger partial charge in [-0.25, -0.2) is 33.3 Å². The lowest BCUT2D eigenvalue weighted by molar-refractivity contribution is -0.113. The largest absolute Gasteiger partial charge is 0.472 e. The van der Waals surface area contributed by atoms with E-state index < -0.39 is 15.6 Å². The quantitative estimate of drug-likeness (QED) is 0.0890. The predicted octanol–water partition coefficient (Wildman–Crippen LogP) is 7.61. The number of H-pyrrole nitrogens is 2. The minimum absolute atomic E-state index is 0.0252. The number of rotatable bonds is 15. The molecular formula is C58H57Cl4N15O8S. The van der Waals surface area contributed by atoms with Crippen LogP contribution in [0.1, 0.15) is 50.5 Å². The lowest BCUT2D eigenvalue weighted by Crippen LogP contribution is -2.28. The number of pyridine rings is 3. The van der Waals surface area contributed by atoms with E-state index >= 15 is 0 Å². The summed E-state index contributed by atoms with van der Waals surface area (Å²) < 4.78 is 47.7. The first kappa shape index (κ1) is 59.7. The van der Waals surface area contributed by atoms with E-state index in [0.29, 0.717) is 83.6 Å². The van der Waals surface area contributed by atoms with Crippen molar-refractivity contribution in [3.63, 3.8) is 0 Å². The molecule has 3 atom stereocenters. The van der Waals surface area contributed by atoms with Gasteiger partial charge in [-0.2, -0.15) is 20.4 Å². The summed E-state index contributed by atoms with van der Waals surface area (Å²) in [6.07, 6.45) is 18.0. The molecule has 3 N–H and O–H groups in total. The number of anilines is 3. The van der Waals surface area contributed by atoms with Gasteiger partial charge in [-0.1, -0.05) is 58.5 Å². The molecule has 4 saturated heterocycles. The van der Waals surface area contributed by atoms with Crippen molar-refractivity contribution in [1.82, 2.24) is 49.5 Å². The summed E-state index contributed by atoms with van der Waals surface area (Å²) in [5.41, 5.74) is 4.04. The van der Waals surface area contributed by atoms with Gasteiger partial charge in [0.25, 0.3) is 11.1 Å². The number of nitrogens with zero attached hydrogens (tertiary/aromatic N) is 12. The van der Waals surface area contributed by atoms with E-state index in [1.165, 1.54) is 6.20 Å². The molecule has 6 aromatic heterocycles. The van der Waals surface area contributed by atoms with E-state index in [-0.39, 0.29) is 62.2 Å². The smallest absolute Gasteiger partial charge is 0.285 e. The number of sulfonamides is 1. The minimum Gasteiger partial charge on any atom is -0.472 e. The topological polar surface area (TPSA) is 275 Å². The van der Waals surface area contributed by atoms with Crippen LogP contribution in [0, 0.1) is 11.3 Å². The zero-order chi connectivity index (χ0) is 59.9. The molecule has 0 amide bonds. The number of ketones is 1. The second-order valence-electron chi connectivity index (χ2n) is 21.0. The first-order valence-corrected chi connectivity index (χ1v) is 30.8. The number of aliphatic imine (C=N–C) groups is 1. The van der Waals surface area contributed by atoms with E-state index in [9.17, 15) is 28.1 Å². The maximum atomic E-state index is 12.4. The Morgan fingerprint density at radius 2 is 1.26 bits per heavy atom. The Hall–Kier alpha value is -8.05. The maximum Gasteiger partial charge on any atom is 0.285 e. The highest BCUT2D eigenvalue weighted by molar-refractivity contribution is 7.89. The lowest BCUT2D eigenvalue weighted by atomic mass is 10.1. The van der Waals surface area contributed by atoms with Gasteiger partial charge in [-0.3, -0.25) is 19.4 Å². The van der Waals surface area contributed by atoms with Gasteiger partial charge in [0.15, 0.2) is 5.78 Å². The standard InChI is InChI=1S/C23H22Cl2N4O4S.C18H19ClN6O2.C17H16ClN5O2/c24-19-10-27-22(33-16-7-8-29(13-16)20-11-26-12-21(30)23(20)25)9-18(19)14-1-5-17(6-2-14)34(31,32)28-15-3-4-15;19-17-14(10-21-23-18(17)26)25-6-3-13(11-25)27-16-8-12(9-20)7-15(22-16)24-4-1-2-5-24;18-16-14(10-20-21-17(16)24)23-8-4-13(11-23)25-15-9-12(3-5-19-15)22-6-1-2-7-22/h1-2,5-6,9-11,15-16,28H,3-4,7-8,12-13H2;7-8,10,13H,1-6,11H2,(H,23,26);1-3,5-7,9-10,13H,4,8,11H2,(H,21,24)/t16-;2*13-/m111/s1. The van der Waals surface area contributed by atoms with Crippen LogP contribution in [0.25, 0.3) is 16.8 Å². The number of allylic oxidation sites excluding steroid dienone is 1. The fourth-order valence-corrected chi connectivity index (χ4v) is 12.6. The average Bonchev–Trinajstić information content (AvgIpc) is 3.68. The van der Waals surface area contributed by atoms with Crippen LogP contribution in [0.3, 0.4) is 0 Å². The molecule has 7 aromatic rings. The van der Waals surface area contributed by atoms with Crippen LogP contribution in [-0.2, 0) is 14.8 Å². The number of nitriles is 1. The minimum atomic E-state index is -3.52. The molecule has 6 aliphatic rings. The average molecular weight is 1270 g/mol. The molecule has 11 heterocycles. The summed E-state index contributed by atoms with van der Waals surface area (Å²) in [6, 6.07) is 21.8. The summed E-state index contributed by atoms with van der Waals surface area (Å²) in [5.74, 6) is 2.05. The van der Waals surface area contributed by atoms with Gasteiger partial charge >= 0.3 is 0 Å². The summed E-state index contributed by atoms with van der Waals surface area (Å²) in [7, 11) is -3.52. The Kier molecular flexibility index (Phi) is 18.5. The highest BCUT2D eigenvalue weighted by atomic mass is 35.5. The molecule has 1 aliphatic carbocycles. The fourth-order valence-electron chi connectivity index (χ4n) is 10.4. The fraction of sp³-hybridized carbons (Fsp3) is 0.345. The normalized spacial score (nSPS) is 19.2. The number of benzene rings is 1. The summed E-state index contributed by atoms with van der Waals surface area (Å²) in [6.45, 7) is 5.85. The molecule has 1 saturated carbocycles. The number of likely N-dealkylation sites (tertiary alicyclic amines) is 1. The van der Waals surface area contributed by atoms with E-state index in [1.54, 1.807) is 67.3 Å². The van der Waals surface area contributed by atoms with E-state index in [0.717, 1.165) is 81.6 Å². The molecule has 5 aliphatic heterocycles. The van der Waals surface area contributed by atoms with Crippen molar-refractivity contribution in [1.29, 1.82) is 5.26 Å². The first-order chi connectivity index (χ1) is 41.6. The number of hydrogen-bond acceptors (Lipinski definition) is 19. The third kappa shape index (κ3) is 14.4. The molecule has 0 bridgehead atoms. The van der Waals surface area contributed by atoms with E-state index in [1.807, 2.05) is 55.9 Å². The number of aromatic nitrogens is 8. The van der Waals surface area contributed by atoms with Crippen LogP contribution in [0.5, 0.6) is 17.6 Å². The van der Waals surface area contributed by atoms with Crippen LogP contribution >= 0.6 is 46.4 Å². The van der Waals surface area contributed by atoms with Crippen LogP contribution in [-0.4, -0.2) is 148 Å². The predicted molar refractivity (Wildman–Crippen MR) is 326 cm³/mol. The highest BCUT2D eigenvalue weighted by Gasteiger charge is 2.32. The van der Waals surface area contributed by atoms with Crippen molar-refractivity contribution in [2.75, 3.05) is 73.6 Å². The number of hydrogen-bond donors (Lipinski definition) is 3. The second kappa shape index (κ2) is 26.7. The molecule has 0 unspecified atom stereocenters. The Morgan fingerprint density at radius 1 is 0.663 bits per heavy atom. The van der Waals surface area contributed by atoms with Gasteiger partial charge < -0.3 is 38.4 Å². The van der Waals surface area contributed by atoms with E-state index in [2.05, 4.69) is 56.0 Å². The third-order valence-corrected chi connectivity index (χ3v) is 17.9. The van der Waals surface area contributed by atoms with Gasteiger partial charge in [0.05, 0.1) is 82.5 Å². The zero-order valence-electron chi connectivity index (χ0n) is 46.1. The molecule has 0 radical (unpaired) electrons. The maximum absolute atomic E-state index is 12.4. The van der Waals surface area contributed by atoms with Gasteiger partial charge in [0.2, 0.25) is 27.7 Å². The van der Waals surface area contributed by atoms with Crippen molar-refractivity contribution in [3.8, 4) is 40.5 Å². The number of ether oxygens (including phenoxy) is 3. The molecule has 5 fully saturated rings. The highest BCUT2D eigenvalue weighted by Crippen LogP contribution is 2.34. The number of carbonyl (C=O) groups excluding carboxylic acids is 1. The number of dihydropyridines is 1. The molecule has 13 rings (SSSR count). The third-order valence-electron chi connectivity index (χ3n) is 15.0. The number of Topliss-reactive ketones (excluding diaryl/α,β-unsaturated/α-hetero) is 1. The molecule has 86 heavy (non-hydrogen) atoms. The number of nitrogens with one attached hydrogen (secondary N) is 3. The summed E-state index contributed by atoms with van der Waals surface area (Å²) >= 11 is 24.7. The van der Waals surface area contributed by atoms with Crippen molar-refractivity contribution in [2.45, 2.75) is 74.2 Å². The Labute approximate surface area is 514 Å². The van der Waals surface area contributed by atoms with Gasteiger partial charge in [0.1, 0.15) is 45.8 Å². The van der Waals surface area contributed by atoms with E-state index in [4.69, 9.17) is 60.6 Å². The zero-order valence-corrected chi connectivity index (χ0v) is 49.9. The van der Waals surface area contributed by atoms with Crippen molar-refractivity contribution < 1.29 is 27.4 Å². The molecular weight excluding hydrogens is 1210 g/mol. The van der Waals surface area contributed by atoms with Gasteiger partial charge in [0, 0.05) is 107 Å². The van der Waals surface area contributed by atoms with Crippen LogP contribution in [0.2, 0.25) is 15.1 Å². The van der Waals surface area contributed by atoms with Crippen LogP contribution in [0.15, 0.2) is 134 Å². The summed E-state index contributed by atoms with van der Waals surface area (Å²) in [5, 5.41) is 22.5. The van der Waals surface area contributed by atoms with Crippen LogP contribution < -0.4 is 44.8 Å². The van der Waals surface area contributed by atoms with Crippen molar-refractivity contribution >= 4 is 85.6 Å². The summed E-state index contributed by atoms with van der Waals surface area (Å²) in [4.78, 5) is 60.7. The van der Waals surface area contributed by atoms with Crippen molar-refractivity contribution in [3.05, 3.63) is 156 Å². The molecule has 0 spiro atoms. The lowest BCUT2D eigenvalue weighted by Gasteiger charge is -2.22. The Bertz CT molecular complexity index is 3950. The van der Waals surface area contributed by atoms with Crippen LogP contribution in [0.4, 0.5) is 17.2 Å². The second-order valence-corrected chi connectivity index (χ2v) is 24.3. The Morgan fingerprint density at radius 3 is 1.87 bits per heavy atom. The first-order valence-electron chi connectivity index (χ1n) is 27.8. The number of carbonyl (C=O) groups is 1. The van der Waals surface area contributed by atoms with Gasteiger partial charge in [-0.05, 0) is 67.6 Å². The molecule has 1 aromatic carbocycles. The molecule has 23 nitrogen and oxygen atoms in total. The number of halogens is 4. The monoisotopic (exact) mass is 1260 g/mol. The van der Waals surface area contributed by atoms with Gasteiger partial charge in [-0.15, -0.1) is 0 Å². The SMILES string of the molecule is N#Cc1cc(O[C@@H]2CCN(c3cn[nH]c(=O)c3Cl)C2)nc(N2CCCC2)c1.O=C1CN=CC(N2CC[C@@H](Oc3cc(-c4ccc(S(=O)(=O)NC5CC5)cc4)c(Cl)cn3)C2)=C1Cl.O=c1[nH]ncc(N2CC[C@@H](Oc3cc(-n4cccc4)ccn3)C2)c1Cl. The van der Waals surface area contributed by atoms with Crippen molar-refractivity contribution in [2.24, 2.45) is 4.99 Å². The molecule has 28 heteroatoms. The number of aromatic amines is 2. The molecule has 446 valence electrons. The Balaban J connectivity index is 0.000000136.